The summed E-state index contributed by atoms with van der Waals surface area (Å²) in [7, 11) is 0. The lowest BCUT2D eigenvalue weighted by atomic mass is 9.89. The van der Waals surface area contributed by atoms with Gasteiger partial charge < -0.3 is 10.5 Å². The number of nitrogens with two attached hydrogens (primary N) is 1. The summed E-state index contributed by atoms with van der Waals surface area (Å²) in [6.07, 6.45) is -0.757. The minimum absolute atomic E-state index is 0.0230. The van der Waals surface area contributed by atoms with Crippen LogP contribution in [-0.2, 0) is 5.41 Å². The van der Waals surface area contributed by atoms with Gasteiger partial charge in [0.2, 0.25) is 0 Å². The molecule has 0 aromatic carbocycles. The van der Waals surface area contributed by atoms with Crippen LogP contribution in [-0.4, -0.2) is 6.09 Å². The first-order chi connectivity index (χ1) is 5.91. The first kappa shape index (κ1) is 10.1. The summed E-state index contributed by atoms with van der Waals surface area (Å²) >= 11 is 1.38. The number of carbonyl (C=O) groups is 1. The van der Waals surface area contributed by atoms with Crippen LogP contribution in [0.2, 0.25) is 0 Å². The molecule has 72 valence electrons. The Hall–Kier alpha value is -1.03. The van der Waals surface area contributed by atoms with Crippen molar-refractivity contribution in [3.05, 3.63) is 17.0 Å². The minimum atomic E-state index is -0.757. The Balaban J connectivity index is 2.96. The van der Waals surface area contributed by atoms with Crippen molar-refractivity contribution >= 4 is 17.4 Å². The molecule has 0 unspecified atom stereocenters. The molecule has 0 fully saturated rings. The Morgan fingerprint density at radius 2 is 2.15 bits per heavy atom. The average molecular weight is 199 g/mol. The maximum atomic E-state index is 10.6. The number of rotatable bonds is 1. The molecule has 0 aliphatic rings. The van der Waals surface area contributed by atoms with Gasteiger partial charge in [-0.05, 0) is 16.9 Å². The van der Waals surface area contributed by atoms with Gasteiger partial charge in [0.25, 0.3) is 0 Å². The summed E-state index contributed by atoms with van der Waals surface area (Å²) in [5, 5.41) is 2.48. The predicted octanol–water partition coefficient (Wildman–Crippen LogP) is 2.50. The maximum Gasteiger partial charge on any atom is 0.410 e. The summed E-state index contributed by atoms with van der Waals surface area (Å²) in [5.41, 5.74) is 5.93. The lowest BCUT2D eigenvalue weighted by Gasteiger charge is -2.18. The topological polar surface area (TPSA) is 52.3 Å². The molecule has 1 aromatic heterocycles. The van der Waals surface area contributed by atoms with E-state index in [-0.39, 0.29) is 5.41 Å². The number of carbonyl (C=O) groups excluding carboxylic acids is 1. The largest absolute Gasteiger partial charge is 0.410 e. The SMILES string of the molecule is CC(C)(C)c1ccsc1OC(N)=O. The fourth-order valence-electron chi connectivity index (χ4n) is 1.02. The van der Waals surface area contributed by atoms with E-state index in [0.29, 0.717) is 5.06 Å². The van der Waals surface area contributed by atoms with Crippen LogP contribution in [0.1, 0.15) is 26.3 Å². The Labute approximate surface area is 81.5 Å². The highest BCUT2D eigenvalue weighted by Crippen LogP contribution is 2.35. The van der Waals surface area contributed by atoms with Crippen molar-refractivity contribution in [2.24, 2.45) is 5.73 Å². The lowest BCUT2D eigenvalue weighted by Crippen LogP contribution is -2.18. The number of hydrogen-bond acceptors (Lipinski definition) is 3. The van der Waals surface area contributed by atoms with E-state index < -0.39 is 6.09 Å². The fourth-order valence-corrected chi connectivity index (χ4v) is 1.98. The molecule has 1 amide bonds. The smallest absolute Gasteiger partial charge is 0.399 e. The van der Waals surface area contributed by atoms with Gasteiger partial charge in [0, 0.05) is 5.56 Å². The van der Waals surface area contributed by atoms with Gasteiger partial charge in [-0.2, -0.15) is 0 Å². The monoisotopic (exact) mass is 199 g/mol. The van der Waals surface area contributed by atoms with Gasteiger partial charge in [-0.15, -0.1) is 11.3 Å². The third kappa shape index (κ3) is 2.45. The lowest BCUT2D eigenvalue weighted by molar-refractivity contribution is 0.211. The van der Waals surface area contributed by atoms with Crippen molar-refractivity contribution in [3.8, 4) is 5.06 Å². The zero-order valence-electron chi connectivity index (χ0n) is 7.96. The summed E-state index contributed by atoms with van der Waals surface area (Å²) in [4.78, 5) is 10.6. The number of hydrogen-bond donors (Lipinski definition) is 1. The van der Waals surface area contributed by atoms with Gasteiger partial charge in [-0.1, -0.05) is 20.8 Å². The molecule has 4 heteroatoms. The van der Waals surface area contributed by atoms with Gasteiger partial charge in [-0.25, -0.2) is 4.79 Å². The van der Waals surface area contributed by atoms with E-state index in [1.807, 2.05) is 11.4 Å². The van der Waals surface area contributed by atoms with Gasteiger partial charge in [0.15, 0.2) is 5.06 Å². The van der Waals surface area contributed by atoms with Gasteiger partial charge >= 0.3 is 6.09 Å². The van der Waals surface area contributed by atoms with Crippen LogP contribution in [0.4, 0.5) is 4.79 Å². The third-order valence-electron chi connectivity index (χ3n) is 1.63. The fraction of sp³-hybridized carbons (Fsp3) is 0.444. The first-order valence-electron chi connectivity index (χ1n) is 3.96. The number of ether oxygens (including phenoxy) is 1. The molecular weight excluding hydrogens is 186 g/mol. The van der Waals surface area contributed by atoms with Crippen molar-refractivity contribution in [1.29, 1.82) is 0 Å². The van der Waals surface area contributed by atoms with Crippen LogP contribution in [0.5, 0.6) is 5.06 Å². The van der Waals surface area contributed by atoms with Crippen molar-refractivity contribution in [1.82, 2.24) is 0 Å². The molecule has 3 nitrogen and oxygen atoms in total. The molecule has 1 rings (SSSR count). The Morgan fingerprint density at radius 3 is 2.62 bits per heavy atom. The zero-order chi connectivity index (χ0) is 10.1. The van der Waals surface area contributed by atoms with Crippen molar-refractivity contribution < 1.29 is 9.53 Å². The first-order valence-corrected chi connectivity index (χ1v) is 4.84. The van der Waals surface area contributed by atoms with Crippen LogP contribution in [0, 0.1) is 0 Å². The molecule has 2 N–H and O–H groups in total. The average Bonchev–Trinajstić information content (AvgIpc) is 2.31. The van der Waals surface area contributed by atoms with E-state index >= 15 is 0 Å². The summed E-state index contributed by atoms with van der Waals surface area (Å²) in [6, 6.07) is 1.95. The Bertz CT molecular complexity index is 312. The second-order valence-electron chi connectivity index (χ2n) is 3.79. The summed E-state index contributed by atoms with van der Waals surface area (Å²) in [5.74, 6) is 0. The van der Waals surface area contributed by atoms with Crippen molar-refractivity contribution in [2.45, 2.75) is 26.2 Å². The highest BCUT2D eigenvalue weighted by molar-refractivity contribution is 7.12. The molecule has 0 radical (unpaired) electrons. The second-order valence-corrected chi connectivity index (χ2v) is 4.67. The van der Waals surface area contributed by atoms with E-state index in [4.69, 9.17) is 10.5 Å². The van der Waals surface area contributed by atoms with E-state index in [9.17, 15) is 4.79 Å². The molecular formula is C9H13NO2S. The maximum absolute atomic E-state index is 10.6. The van der Waals surface area contributed by atoms with Gasteiger partial charge in [0.1, 0.15) is 0 Å². The highest BCUT2D eigenvalue weighted by atomic mass is 32.1. The Morgan fingerprint density at radius 1 is 1.54 bits per heavy atom. The molecule has 13 heavy (non-hydrogen) atoms. The molecule has 1 aromatic rings. The standard InChI is InChI=1S/C9H13NO2S/c1-9(2,3)6-4-5-13-7(6)12-8(10)11/h4-5H,1-3H3,(H2,10,11). The van der Waals surface area contributed by atoms with Crippen LogP contribution < -0.4 is 10.5 Å². The van der Waals surface area contributed by atoms with Crippen LogP contribution >= 0.6 is 11.3 Å². The third-order valence-corrected chi connectivity index (χ3v) is 2.42. The van der Waals surface area contributed by atoms with Crippen LogP contribution in [0.3, 0.4) is 0 Å². The number of amides is 1. The molecule has 0 bridgehead atoms. The van der Waals surface area contributed by atoms with Crippen LogP contribution in [0.25, 0.3) is 0 Å². The summed E-state index contributed by atoms with van der Waals surface area (Å²) < 4.78 is 4.87. The quantitative estimate of drug-likeness (QED) is 0.755. The molecule has 0 saturated carbocycles. The van der Waals surface area contributed by atoms with E-state index in [2.05, 4.69) is 20.8 Å². The molecule has 0 aliphatic heterocycles. The zero-order valence-corrected chi connectivity index (χ0v) is 8.77. The van der Waals surface area contributed by atoms with Crippen LogP contribution in [0.15, 0.2) is 11.4 Å². The molecule has 0 atom stereocenters. The predicted molar refractivity (Wildman–Crippen MR) is 53.2 cm³/mol. The number of thiophene rings is 1. The van der Waals surface area contributed by atoms with Crippen molar-refractivity contribution in [2.75, 3.05) is 0 Å². The summed E-state index contributed by atoms with van der Waals surface area (Å²) in [6.45, 7) is 6.18. The molecule has 0 aliphatic carbocycles. The van der Waals surface area contributed by atoms with E-state index in [1.165, 1.54) is 11.3 Å². The van der Waals surface area contributed by atoms with Crippen molar-refractivity contribution in [3.63, 3.8) is 0 Å². The number of primary amides is 1. The molecule has 0 saturated heterocycles. The minimum Gasteiger partial charge on any atom is -0.399 e. The van der Waals surface area contributed by atoms with E-state index in [1.54, 1.807) is 0 Å². The second kappa shape index (κ2) is 3.38. The molecule has 1 heterocycles. The van der Waals surface area contributed by atoms with Gasteiger partial charge in [-0.3, -0.25) is 0 Å². The van der Waals surface area contributed by atoms with Gasteiger partial charge in [0.05, 0.1) is 0 Å². The molecule has 0 spiro atoms. The van der Waals surface area contributed by atoms with E-state index in [0.717, 1.165) is 5.56 Å². The normalized spacial score (nSPS) is 11.3. The highest BCUT2D eigenvalue weighted by Gasteiger charge is 2.20. The Kier molecular flexibility index (Phi) is 2.61.